The maximum absolute atomic E-state index is 12.9. The average Bonchev–Trinajstić information content (AvgIpc) is 2.84. The molecule has 0 atom stereocenters. The molecule has 4 aromatic rings. The molecule has 3 aromatic carbocycles. The van der Waals surface area contributed by atoms with Crippen LogP contribution in [0.15, 0.2) is 88.1 Å². The third-order valence-electron chi connectivity index (χ3n) is 5.92. The fourth-order valence-corrected chi connectivity index (χ4v) is 4.20. The Hall–Kier alpha value is -3.86. The van der Waals surface area contributed by atoms with Crippen LogP contribution >= 0.6 is 0 Å². The molecule has 5 rings (SSSR count). The largest absolute Gasteiger partial charge is 0.422 e. The monoisotopic (exact) mass is 424 g/mol. The quantitative estimate of drug-likeness (QED) is 0.427. The zero-order valence-corrected chi connectivity index (χ0v) is 17.7. The number of para-hydroxylation sites is 1. The van der Waals surface area contributed by atoms with Crippen molar-refractivity contribution >= 4 is 28.3 Å². The molecule has 0 bridgehead atoms. The minimum absolute atomic E-state index is 0.220. The van der Waals surface area contributed by atoms with Gasteiger partial charge in [0.1, 0.15) is 5.58 Å². The van der Waals surface area contributed by atoms with E-state index in [4.69, 9.17) is 4.42 Å². The number of piperidine rings is 1. The predicted octanol–water partition coefficient (Wildman–Crippen LogP) is 5.70. The van der Waals surface area contributed by atoms with Crippen LogP contribution in [0.4, 0.5) is 11.4 Å². The number of fused-ring (bicyclic) bond motifs is 1. The summed E-state index contributed by atoms with van der Waals surface area (Å²) in [5.74, 6) is -0.220. The summed E-state index contributed by atoms with van der Waals surface area (Å²) in [5, 5.41) is 3.79. The molecule has 0 aliphatic carbocycles. The van der Waals surface area contributed by atoms with E-state index < -0.39 is 5.63 Å². The Morgan fingerprint density at radius 3 is 2.44 bits per heavy atom. The van der Waals surface area contributed by atoms with Crippen LogP contribution < -0.4 is 15.8 Å². The molecule has 2 heterocycles. The summed E-state index contributed by atoms with van der Waals surface area (Å²) < 4.78 is 5.44. The van der Waals surface area contributed by atoms with Gasteiger partial charge in [-0.1, -0.05) is 30.3 Å². The molecule has 1 aliphatic heterocycles. The van der Waals surface area contributed by atoms with Crippen LogP contribution in [0.3, 0.4) is 0 Å². The molecule has 5 nitrogen and oxygen atoms in total. The summed E-state index contributed by atoms with van der Waals surface area (Å²) in [5.41, 5.74) is 3.62. The number of carbonyl (C=O) groups excluding carboxylic acids is 1. The molecule has 1 N–H and O–H groups in total. The van der Waals surface area contributed by atoms with Crippen LogP contribution in [0.1, 0.15) is 29.6 Å². The topological polar surface area (TPSA) is 62.6 Å². The van der Waals surface area contributed by atoms with Gasteiger partial charge in [0.05, 0.1) is 5.56 Å². The van der Waals surface area contributed by atoms with Crippen LogP contribution in [0, 0.1) is 0 Å². The van der Waals surface area contributed by atoms with E-state index in [1.807, 2.05) is 36.4 Å². The van der Waals surface area contributed by atoms with Gasteiger partial charge >= 0.3 is 5.63 Å². The first-order valence-corrected chi connectivity index (χ1v) is 11.0. The van der Waals surface area contributed by atoms with E-state index in [1.54, 1.807) is 30.3 Å². The van der Waals surface area contributed by atoms with Crippen molar-refractivity contribution in [3.8, 4) is 11.1 Å². The molecule has 0 unspecified atom stereocenters. The smallest absolute Gasteiger partial charge is 0.344 e. The predicted molar refractivity (Wildman–Crippen MR) is 128 cm³/mol. The summed E-state index contributed by atoms with van der Waals surface area (Å²) in [4.78, 5) is 27.7. The molecular formula is C27H24N2O3. The van der Waals surface area contributed by atoms with Crippen molar-refractivity contribution in [1.29, 1.82) is 0 Å². The van der Waals surface area contributed by atoms with Crippen molar-refractivity contribution in [2.75, 3.05) is 23.3 Å². The average molecular weight is 425 g/mol. The first kappa shape index (κ1) is 20.1. The van der Waals surface area contributed by atoms with Gasteiger partial charge in [-0.3, -0.25) is 4.79 Å². The number of amides is 1. The molecule has 1 amide bonds. The molecule has 32 heavy (non-hydrogen) atoms. The molecule has 1 fully saturated rings. The number of benzene rings is 3. The molecule has 160 valence electrons. The lowest BCUT2D eigenvalue weighted by atomic mass is 10.0. The Kier molecular flexibility index (Phi) is 5.46. The van der Waals surface area contributed by atoms with E-state index in [2.05, 4.69) is 22.3 Å². The molecule has 0 radical (unpaired) electrons. The van der Waals surface area contributed by atoms with Gasteiger partial charge in [-0.2, -0.15) is 0 Å². The van der Waals surface area contributed by atoms with E-state index in [1.165, 1.54) is 24.9 Å². The Bertz CT molecular complexity index is 1320. The minimum Gasteiger partial charge on any atom is -0.422 e. The Balaban J connectivity index is 1.36. The second kappa shape index (κ2) is 8.71. The van der Waals surface area contributed by atoms with Crippen molar-refractivity contribution in [3.63, 3.8) is 0 Å². The van der Waals surface area contributed by atoms with Gasteiger partial charge in [0.2, 0.25) is 0 Å². The van der Waals surface area contributed by atoms with Gasteiger partial charge in [-0.05, 0) is 73.4 Å². The highest BCUT2D eigenvalue weighted by Crippen LogP contribution is 2.24. The summed E-state index contributed by atoms with van der Waals surface area (Å²) in [6, 6.07) is 24.2. The molecule has 1 saturated heterocycles. The van der Waals surface area contributed by atoms with E-state index in [0.29, 0.717) is 22.3 Å². The van der Waals surface area contributed by atoms with Crippen LogP contribution in [0.25, 0.3) is 22.1 Å². The van der Waals surface area contributed by atoms with Gasteiger partial charge in [0, 0.05) is 35.4 Å². The fourth-order valence-electron chi connectivity index (χ4n) is 4.20. The minimum atomic E-state index is -0.422. The number of hydrogen-bond acceptors (Lipinski definition) is 4. The van der Waals surface area contributed by atoms with Crippen molar-refractivity contribution in [2.45, 2.75) is 19.3 Å². The molecule has 0 spiro atoms. The maximum Gasteiger partial charge on any atom is 0.344 e. The summed E-state index contributed by atoms with van der Waals surface area (Å²) in [7, 11) is 0. The van der Waals surface area contributed by atoms with E-state index >= 15 is 0 Å². The Morgan fingerprint density at radius 1 is 0.844 bits per heavy atom. The van der Waals surface area contributed by atoms with Gasteiger partial charge in [-0.15, -0.1) is 0 Å². The van der Waals surface area contributed by atoms with Gasteiger partial charge in [-0.25, -0.2) is 4.79 Å². The van der Waals surface area contributed by atoms with Crippen molar-refractivity contribution in [1.82, 2.24) is 0 Å². The Labute approximate surface area is 186 Å². The van der Waals surface area contributed by atoms with Crippen LogP contribution in [-0.4, -0.2) is 19.0 Å². The molecular weight excluding hydrogens is 400 g/mol. The normalized spacial score (nSPS) is 13.8. The maximum atomic E-state index is 12.9. The molecule has 0 saturated carbocycles. The molecule has 5 heteroatoms. The van der Waals surface area contributed by atoms with Crippen LogP contribution in [-0.2, 0) is 0 Å². The van der Waals surface area contributed by atoms with E-state index in [-0.39, 0.29) is 5.91 Å². The lowest BCUT2D eigenvalue weighted by molar-refractivity contribution is 0.102. The van der Waals surface area contributed by atoms with Crippen molar-refractivity contribution in [2.24, 2.45) is 0 Å². The second-order valence-corrected chi connectivity index (χ2v) is 8.11. The summed E-state index contributed by atoms with van der Waals surface area (Å²) >= 11 is 0. The lowest BCUT2D eigenvalue weighted by Gasteiger charge is -2.28. The van der Waals surface area contributed by atoms with Gasteiger partial charge < -0.3 is 14.6 Å². The number of hydrogen-bond donors (Lipinski definition) is 1. The zero-order chi connectivity index (χ0) is 21.9. The molecule has 1 aromatic heterocycles. The third kappa shape index (κ3) is 4.14. The number of rotatable bonds is 4. The second-order valence-electron chi connectivity index (χ2n) is 8.11. The number of carbonyl (C=O) groups is 1. The number of nitrogens with zero attached hydrogens (tertiary/aromatic N) is 1. The van der Waals surface area contributed by atoms with Gasteiger partial charge in [0.15, 0.2) is 0 Å². The molecule has 1 aliphatic rings. The van der Waals surface area contributed by atoms with E-state index in [9.17, 15) is 9.59 Å². The van der Waals surface area contributed by atoms with Crippen LogP contribution in [0.2, 0.25) is 0 Å². The van der Waals surface area contributed by atoms with Crippen molar-refractivity contribution < 1.29 is 9.21 Å². The fraction of sp³-hybridized carbons (Fsp3) is 0.185. The number of anilines is 2. The standard InChI is InChI=1S/C27H24N2O3/c30-26(28-22-11-13-23(14-12-22)29-15-4-1-5-16-29)21-9-6-8-19(17-21)24-18-20-7-2-3-10-25(20)32-27(24)31/h2-3,6-14,17-18H,1,4-5,15-16H2,(H,28,30). The summed E-state index contributed by atoms with van der Waals surface area (Å²) in [6.45, 7) is 2.17. The Morgan fingerprint density at radius 2 is 1.62 bits per heavy atom. The highest BCUT2D eigenvalue weighted by atomic mass is 16.4. The highest BCUT2D eigenvalue weighted by Gasteiger charge is 2.13. The van der Waals surface area contributed by atoms with Crippen molar-refractivity contribution in [3.05, 3.63) is 94.8 Å². The summed E-state index contributed by atoms with van der Waals surface area (Å²) in [6.07, 6.45) is 3.75. The first-order valence-electron chi connectivity index (χ1n) is 11.0. The lowest BCUT2D eigenvalue weighted by Crippen LogP contribution is -2.29. The third-order valence-corrected chi connectivity index (χ3v) is 5.92. The van der Waals surface area contributed by atoms with Gasteiger partial charge in [0.25, 0.3) is 5.91 Å². The number of nitrogens with one attached hydrogen (secondary N) is 1. The van der Waals surface area contributed by atoms with Crippen LogP contribution in [0.5, 0.6) is 0 Å². The highest BCUT2D eigenvalue weighted by molar-refractivity contribution is 6.05. The zero-order valence-electron chi connectivity index (χ0n) is 17.7. The first-order chi connectivity index (χ1) is 15.7. The van der Waals surface area contributed by atoms with E-state index in [0.717, 1.165) is 24.2 Å². The SMILES string of the molecule is O=C(Nc1ccc(N2CCCCC2)cc1)c1cccc(-c2cc3ccccc3oc2=O)c1.